The fraction of sp³-hybridized carbons (Fsp3) is 0. The van der Waals surface area contributed by atoms with Crippen molar-refractivity contribution in [3.05, 3.63) is 0 Å². The van der Waals surface area contributed by atoms with Crippen molar-refractivity contribution >= 4 is 26.6 Å². The van der Waals surface area contributed by atoms with E-state index in [1.54, 1.807) is 0 Å². The van der Waals surface area contributed by atoms with E-state index in [1.165, 1.54) is 0 Å². The van der Waals surface area contributed by atoms with Crippen LogP contribution in [0.5, 0.6) is 0 Å². The van der Waals surface area contributed by atoms with Crippen LogP contribution in [-0.4, -0.2) is 11.0 Å². The van der Waals surface area contributed by atoms with E-state index in [-0.39, 0.29) is 69.4 Å². The molecule has 0 aromatic heterocycles. The Labute approximate surface area is 123 Å². The molecule has 0 N–H and O–H groups in total. The van der Waals surface area contributed by atoms with Crippen LogP contribution in [-0.2, 0) is 67.6 Å². The van der Waals surface area contributed by atoms with Gasteiger partial charge in [-0.2, -0.15) is 15.6 Å². The van der Waals surface area contributed by atoms with Crippen LogP contribution in [0.4, 0.5) is 0 Å². The first-order chi connectivity index (χ1) is 4.00. The Hall–Kier alpha value is 2.31. The van der Waals surface area contributed by atoms with Gasteiger partial charge in [-0.3, -0.25) is 0 Å². The Morgan fingerprint density at radius 1 is 0.571 bits per heavy atom. The molecule has 14 heavy (non-hydrogen) atoms. The van der Waals surface area contributed by atoms with Gasteiger partial charge in [-0.15, -0.1) is 0 Å². The molecule has 0 saturated carbocycles. The molecule has 0 aromatic rings. The largest absolute Gasteiger partial charge is 2.00 e. The summed E-state index contributed by atoms with van der Waals surface area (Å²) in [7, 11) is -10.8. The number of hydrogen-bond acceptors (Lipinski definition) is 8. The third-order valence-corrected chi connectivity index (χ3v) is 0. The molecule has 0 spiro atoms. The molecule has 0 saturated heterocycles. The van der Waals surface area contributed by atoms with Crippen molar-refractivity contribution < 1.29 is 96.9 Å². The Bertz CT molecular complexity index is 135. The molecule has 8 nitrogen and oxygen atoms in total. The Morgan fingerprint density at radius 2 is 0.571 bits per heavy atom. The predicted molar refractivity (Wildman–Crippen MR) is 26.5 cm³/mol. The van der Waals surface area contributed by atoms with E-state index >= 15 is 0 Å². The molecule has 0 rings (SSSR count). The zero-order valence-electron chi connectivity index (χ0n) is 6.28. The van der Waals surface area contributed by atoms with Gasteiger partial charge >= 0.3 is 58.4 Å². The van der Waals surface area contributed by atoms with Crippen molar-refractivity contribution in [3.63, 3.8) is 0 Å². The molecule has 72 valence electrons. The SMILES string of the molecule is O=P([O-])([O-])[O-].O=P([O-])([O-])[O-].[SiH4].[Zn+2].[Zn+2].[Zn+2]. The molecule has 0 aliphatic carbocycles. The third-order valence-electron chi connectivity index (χ3n) is 0. The minimum Gasteiger partial charge on any atom is -0.822 e. The van der Waals surface area contributed by atoms with E-state index in [4.69, 9.17) is 38.5 Å². The predicted octanol–water partition coefficient (Wildman–Crippen LogP) is -7.11. The van der Waals surface area contributed by atoms with Crippen molar-refractivity contribution in [2.45, 2.75) is 0 Å². The van der Waals surface area contributed by atoms with Gasteiger partial charge in [0.25, 0.3) is 0 Å². The molecule has 0 bridgehead atoms. The summed E-state index contributed by atoms with van der Waals surface area (Å²) in [6.45, 7) is 0. The zero-order valence-corrected chi connectivity index (χ0v) is 17.0. The van der Waals surface area contributed by atoms with E-state index in [1.807, 2.05) is 0 Å². The van der Waals surface area contributed by atoms with Crippen molar-refractivity contribution in [2.24, 2.45) is 0 Å². The fourth-order valence-electron chi connectivity index (χ4n) is 0. The van der Waals surface area contributed by atoms with Crippen molar-refractivity contribution in [1.82, 2.24) is 0 Å². The zero-order chi connectivity index (χ0) is 9.00. The molecule has 0 heterocycles. The fourth-order valence-corrected chi connectivity index (χ4v) is 0. The minimum absolute atomic E-state index is 0. The molecule has 0 unspecified atom stereocenters. The summed E-state index contributed by atoms with van der Waals surface area (Å²) in [6.07, 6.45) is 0. The first-order valence-corrected chi connectivity index (χ1v) is 4.38. The van der Waals surface area contributed by atoms with E-state index in [9.17, 15) is 0 Å². The van der Waals surface area contributed by atoms with Crippen LogP contribution < -0.4 is 29.4 Å². The molecule has 0 aliphatic rings. The maximum absolute atomic E-state index is 8.55. The molecule has 0 atom stereocenters. The Balaban J connectivity index is -0.0000000178. The number of hydrogen-bond donors (Lipinski definition) is 0. The summed E-state index contributed by atoms with van der Waals surface area (Å²) in [5, 5.41) is 0. The van der Waals surface area contributed by atoms with E-state index in [2.05, 4.69) is 0 Å². The second-order valence-corrected chi connectivity index (χ2v) is 2.68. The van der Waals surface area contributed by atoms with Gasteiger partial charge in [0.2, 0.25) is 0 Å². The standard InChI is InChI=1S/2H3O4P.H4Si.3Zn/c2*1-5(2,3)4;;;;/h2*(H3,1,2,3,4);1H4;;;/q;;;3*+2/p-6. The molecular formula is H4O8P2SiZn3. The monoisotopic (exact) mass is 414 g/mol. The average Bonchev–Trinajstić information content (AvgIpc) is 1.12. The van der Waals surface area contributed by atoms with Gasteiger partial charge in [-0.1, -0.05) is 0 Å². The molecule has 0 aliphatic heterocycles. The van der Waals surface area contributed by atoms with Crippen molar-refractivity contribution in [2.75, 3.05) is 0 Å². The van der Waals surface area contributed by atoms with Gasteiger partial charge in [0.05, 0.1) is 0 Å². The van der Waals surface area contributed by atoms with Crippen LogP contribution in [0.1, 0.15) is 0 Å². The summed E-state index contributed by atoms with van der Waals surface area (Å²) in [5.41, 5.74) is 0. The van der Waals surface area contributed by atoms with Crippen molar-refractivity contribution in [1.29, 1.82) is 0 Å². The summed E-state index contributed by atoms with van der Waals surface area (Å²) >= 11 is 0. The van der Waals surface area contributed by atoms with Crippen LogP contribution in [0.2, 0.25) is 0 Å². The normalized spacial score (nSPS) is 8.43. The van der Waals surface area contributed by atoms with Gasteiger partial charge in [-0.25, -0.2) is 0 Å². The maximum atomic E-state index is 8.55. The first kappa shape index (κ1) is 36.0. The van der Waals surface area contributed by atoms with E-state index in [0.29, 0.717) is 0 Å². The summed E-state index contributed by atoms with van der Waals surface area (Å²) in [6, 6.07) is 0. The van der Waals surface area contributed by atoms with Crippen LogP contribution >= 0.6 is 15.6 Å². The molecule has 14 heteroatoms. The first-order valence-electron chi connectivity index (χ1n) is 1.46. The van der Waals surface area contributed by atoms with E-state index in [0.717, 1.165) is 0 Å². The smallest absolute Gasteiger partial charge is 0.822 e. The van der Waals surface area contributed by atoms with Gasteiger partial charge in [0, 0.05) is 0 Å². The van der Waals surface area contributed by atoms with Gasteiger partial charge in [0.1, 0.15) is 0 Å². The van der Waals surface area contributed by atoms with E-state index < -0.39 is 15.6 Å². The van der Waals surface area contributed by atoms with Gasteiger partial charge < -0.3 is 38.5 Å². The van der Waals surface area contributed by atoms with Gasteiger partial charge in [0.15, 0.2) is 0 Å². The van der Waals surface area contributed by atoms with Crippen LogP contribution in [0, 0.1) is 0 Å². The number of phosphoric acid groups is 2. The Morgan fingerprint density at radius 3 is 0.571 bits per heavy atom. The molecule has 0 radical (unpaired) electrons. The third kappa shape index (κ3) is 476. The van der Waals surface area contributed by atoms with Crippen LogP contribution in [0.15, 0.2) is 0 Å². The van der Waals surface area contributed by atoms with Crippen LogP contribution in [0.25, 0.3) is 0 Å². The van der Waals surface area contributed by atoms with Gasteiger partial charge in [-0.05, 0) is 11.0 Å². The molecular weight excluding hydrogens is 414 g/mol. The maximum Gasteiger partial charge on any atom is 2.00 e. The molecule has 0 aromatic carbocycles. The van der Waals surface area contributed by atoms with Crippen LogP contribution in [0.3, 0.4) is 0 Å². The van der Waals surface area contributed by atoms with Crippen molar-refractivity contribution in [3.8, 4) is 0 Å². The summed E-state index contributed by atoms with van der Waals surface area (Å²) in [4.78, 5) is 51.3. The average molecular weight is 418 g/mol. The quantitative estimate of drug-likeness (QED) is 0.276. The second-order valence-electron chi connectivity index (χ2n) is 0.894. The molecule has 0 amide bonds. The second kappa shape index (κ2) is 15.3. The minimum atomic E-state index is -5.39. The topological polar surface area (TPSA) is 172 Å². The Kier molecular flexibility index (Phi) is 39.3. The number of rotatable bonds is 0. The summed E-state index contributed by atoms with van der Waals surface area (Å²) in [5.74, 6) is 0. The molecule has 0 fully saturated rings. The summed E-state index contributed by atoms with van der Waals surface area (Å²) < 4.78 is 17.1.